The van der Waals surface area contributed by atoms with Crippen molar-refractivity contribution in [2.45, 2.75) is 13.0 Å². The van der Waals surface area contributed by atoms with Gasteiger partial charge < -0.3 is 20.5 Å². The molecule has 0 aliphatic heterocycles. The monoisotopic (exact) mass is 264 g/mol. The topological polar surface area (TPSA) is 87.7 Å². The number of carboxylic acids is 1. The van der Waals surface area contributed by atoms with Gasteiger partial charge in [0.05, 0.1) is 5.69 Å². The molecule has 0 aromatic heterocycles. The number of aliphatic carboxylic acids is 1. The summed E-state index contributed by atoms with van der Waals surface area (Å²) in [5.74, 6) is -0.786. The highest BCUT2D eigenvalue weighted by atomic mass is 16.5. The number of carboxylic acid groups (broad SMARTS) is 1. The highest BCUT2D eigenvalue weighted by Gasteiger charge is 2.09. The summed E-state index contributed by atoms with van der Waals surface area (Å²) in [5, 5.41) is 13.8. The predicted molar refractivity (Wildman–Crippen MR) is 71.4 cm³/mol. The number of ether oxygens (including phenoxy) is 1. The molecule has 1 unspecified atom stereocenters. The molecule has 0 heterocycles. The molecular weight excluding hydrogens is 248 g/mol. The molecule has 0 saturated heterocycles. The van der Waals surface area contributed by atoms with Gasteiger partial charge in [-0.1, -0.05) is 18.2 Å². The Morgan fingerprint density at radius 2 is 2.16 bits per heavy atom. The van der Waals surface area contributed by atoms with Crippen LogP contribution in [0.1, 0.15) is 6.92 Å². The summed E-state index contributed by atoms with van der Waals surface area (Å²) in [6.45, 7) is 4.86. The van der Waals surface area contributed by atoms with E-state index in [0.29, 0.717) is 11.4 Å². The van der Waals surface area contributed by atoms with E-state index in [1.807, 2.05) is 0 Å². The Morgan fingerprint density at radius 1 is 1.47 bits per heavy atom. The van der Waals surface area contributed by atoms with Crippen molar-refractivity contribution in [2.24, 2.45) is 0 Å². The number of nitrogens with one attached hydrogen (secondary N) is 2. The number of para-hydroxylation sites is 2. The lowest BCUT2D eigenvalue weighted by atomic mass is 10.3. The van der Waals surface area contributed by atoms with Crippen molar-refractivity contribution < 1.29 is 19.4 Å². The van der Waals surface area contributed by atoms with Crippen LogP contribution >= 0.6 is 0 Å². The van der Waals surface area contributed by atoms with E-state index in [4.69, 9.17) is 9.84 Å². The molecule has 0 fully saturated rings. The van der Waals surface area contributed by atoms with Crippen LogP contribution in [0, 0.1) is 0 Å². The number of carbonyl (C=O) groups excluding carboxylic acids is 1. The predicted octanol–water partition coefficient (Wildman–Crippen LogP) is 1.85. The Labute approximate surface area is 111 Å². The lowest BCUT2D eigenvalue weighted by Crippen LogP contribution is -2.34. The fraction of sp³-hybridized carbons (Fsp3) is 0.231. The molecule has 1 atom stereocenters. The molecule has 102 valence electrons. The molecule has 1 rings (SSSR count). The number of rotatable bonds is 6. The first-order valence-corrected chi connectivity index (χ1v) is 5.66. The summed E-state index contributed by atoms with van der Waals surface area (Å²) in [5.41, 5.74) is 0.400. The average Bonchev–Trinajstić information content (AvgIpc) is 2.37. The van der Waals surface area contributed by atoms with E-state index in [0.717, 1.165) is 0 Å². The smallest absolute Gasteiger partial charge is 0.341 e. The molecule has 6 nitrogen and oxygen atoms in total. The van der Waals surface area contributed by atoms with Crippen LogP contribution < -0.4 is 15.4 Å². The minimum absolute atomic E-state index is 0.174. The zero-order valence-electron chi connectivity index (χ0n) is 10.6. The van der Waals surface area contributed by atoms with Crippen molar-refractivity contribution in [1.29, 1.82) is 0 Å². The van der Waals surface area contributed by atoms with E-state index in [1.165, 1.54) is 0 Å². The van der Waals surface area contributed by atoms with E-state index in [-0.39, 0.29) is 6.04 Å². The third kappa shape index (κ3) is 5.12. The van der Waals surface area contributed by atoms with Crippen LogP contribution in [0.15, 0.2) is 36.9 Å². The summed E-state index contributed by atoms with van der Waals surface area (Å²) < 4.78 is 5.07. The number of hydrogen-bond acceptors (Lipinski definition) is 3. The Bertz CT molecular complexity index is 473. The van der Waals surface area contributed by atoms with Gasteiger partial charge in [0.15, 0.2) is 6.61 Å². The molecule has 19 heavy (non-hydrogen) atoms. The number of benzene rings is 1. The number of urea groups is 1. The lowest BCUT2D eigenvalue weighted by Gasteiger charge is -2.13. The van der Waals surface area contributed by atoms with Crippen LogP contribution in [-0.2, 0) is 4.79 Å². The molecule has 0 radical (unpaired) electrons. The number of anilines is 1. The molecule has 3 N–H and O–H groups in total. The summed E-state index contributed by atoms with van der Waals surface area (Å²) in [4.78, 5) is 22.1. The van der Waals surface area contributed by atoms with Gasteiger partial charge in [-0.3, -0.25) is 0 Å². The Kier molecular flexibility index (Phi) is 5.40. The van der Waals surface area contributed by atoms with Gasteiger partial charge in [-0.15, -0.1) is 6.58 Å². The summed E-state index contributed by atoms with van der Waals surface area (Å²) in [6.07, 6.45) is 1.59. The van der Waals surface area contributed by atoms with Gasteiger partial charge in [0.2, 0.25) is 0 Å². The van der Waals surface area contributed by atoms with Crippen LogP contribution in [0.4, 0.5) is 10.5 Å². The van der Waals surface area contributed by atoms with Crippen molar-refractivity contribution in [3.05, 3.63) is 36.9 Å². The van der Waals surface area contributed by atoms with E-state index >= 15 is 0 Å². The highest BCUT2D eigenvalue weighted by Crippen LogP contribution is 2.23. The molecule has 0 aliphatic rings. The summed E-state index contributed by atoms with van der Waals surface area (Å²) in [7, 11) is 0. The first kappa shape index (κ1) is 14.6. The van der Waals surface area contributed by atoms with Crippen molar-refractivity contribution in [1.82, 2.24) is 5.32 Å². The fourth-order valence-corrected chi connectivity index (χ4v) is 1.26. The minimum atomic E-state index is -1.08. The maximum atomic E-state index is 11.6. The quantitative estimate of drug-likeness (QED) is 0.684. The molecule has 1 aromatic rings. The van der Waals surface area contributed by atoms with Crippen LogP contribution in [0.5, 0.6) is 5.75 Å². The van der Waals surface area contributed by atoms with Gasteiger partial charge in [0.25, 0.3) is 0 Å². The van der Waals surface area contributed by atoms with Crippen LogP contribution in [0.3, 0.4) is 0 Å². The van der Waals surface area contributed by atoms with Gasteiger partial charge in [0, 0.05) is 6.04 Å². The van der Waals surface area contributed by atoms with Gasteiger partial charge in [-0.05, 0) is 19.1 Å². The van der Waals surface area contributed by atoms with Crippen molar-refractivity contribution in [3.63, 3.8) is 0 Å². The zero-order valence-corrected chi connectivity index (χ0v) is 10.6. The Hall–Kier alpha value is -2.50. The molecule has 0 aliphatic carbocycles. The standard InChI is InChI=1S/C13H16N2O4/c1-3-9(2)14-13(18)15-10-6-4-5-7-11(10)19-8-12(16)17/h3-7,9H,1,8H2,2H3,(H,16,17)(H2,14,15,18). The molecule has 0 spiro atoms. The third-order valence-electron chi connectivity index (χ3n) is 2.20. The van der Waals surface area contributed by atoms with E-state index in [1.54, 1.807) is 37.3 Å². The Morgan fingerprint density at radius 3 is 2.79 bits per heavy atom. The molecule has 0 bridgehead atoms. The van der Waals surface area contributed by atoms with Gasteiger partial charge in [-0.2, -0.15) is 0 Å². The van der Waals surface area contributed by atoms with E-state index in [2.05, 4.69) is 17.2 Å². The zero-order chi connectivity index (χ0) is 14.3. The highest BCUT2D eigenvalue weighted by molar-refractivity contribution is 5.91. The number of carbonyl (C=O) groups is 2. The molecule has 1 aromatic carbocycles. The first-order chi connectivity index (χ1) is 9.02. The van der Waals surface area contributed by atoms with Crippen molar-refractivity contribution in [2.75, 3.05) is 11.9 Å². The SMILES string of the molecule is C=CC(C)NC(=O)Nc1ccccc1OCC(=O)O. The maximum absolute atomic E-state index is 11.6. The molecule has 2 amide bonds. The maximum Gasteiger partial charge on any atom is 0.341 e. The van der Waals surface area contributed by atoms with E-state index in [9.17, 15) is 9.59 Å². The second kappa shape index (κ2) is 7.05. The molecular formula is C13H16N2O4. The van der Waals surface area contributed by atoms with Crippen LogP contribution in [0.25, 0.3) is 0 Å². The van der Waals surface area contributed by atoms with Crippen LogP contribution in [0.2, 0.25) is 0 Å². The first-order valence-electron chi connectivity index (χ1n) is 5.66. The fourth-order valence-electron chi connectivity index (χ4n) is 1.26. The summed E-state index contributed by atoms with van der Waals surface area (Å²) in [6, 6.07) is 6.00. The largest absolute Gasteiger partial charge is 0.480 e. The Balaban J connectivity index is 2.69. The second-order valence-corrected chi connectivity index (χ2v) is 3.80. The summed E-state index contributed by atoms with van der Waals surface area (Å²) >= 11 is 0. The number of amides is 2. The molecule has 0 saturated carbocycles. The minimum Gasteiger partial charge on any atom is -0.480 e. The second-order valence-electron chi connectivity index (χ2n) is 3.80. The van der Waals surface area contributed by atoms with Crippen molar-refractivity contribution >= 4 is 17.7 Å². The lowest BCUT2D eigenvalue weighted by molar-refractivity contribution is -0.139. The normalized spacial score (nSPS) is 11.2. The van der Waals surface area contributed by atoms with Gasteiger partial charge >= 0.3 is 12.0 Å². The average molecular weight is 264 g/mol. The third-order valence-corrected chi connectivity index (χ3v) is 2.20. The van der Waals surface area contributed by atoms with Gasteiger partial charge in [-0.25, -0.2) is 9.59 Å². The van der Waals surface area contributed by atoms with Crippen LogP contribution in [-0.4, -0.2) is 29.8 Å². The van der Waals surface area contributed by atoms with Gasteiger partial charge in [0.1, 0.15) is 5.75 Å². The number of hydrogen-bond donors (Lipinski definition) is 3. The molecule has 6 heteroatoms. The van der Waals surface area contributed by atoms with E-state index < -0.39 is 18.6 Å². The van der Waals surface area contributed by atoms with Crippen molar-refractivity contribution in [3.8, 4) is 5.75 Å².